The van der Waals surface area contributed by atoms with E-state index < -0.39 is 18.2 Å². The summed E-state index contributed by atoms with van der Waals surface area (Å²) in [5.41, 5.74) is 0. The Bertz CT molecular complexity index is 739. The van der Waals surface area contributed by atoms with Gasteiger partial charge in [0.05, 0.1) is 12.6 Å². The van der Waals surface area contributed by atoms with Crippen molar-refractivity contribution in [2.75, 3.05) is 50.7 Å². The average Bonchev–Trinajstić information content (AvgIpc) is 3.36. The Kier molecular flexibility index (Phi) is 5.60. The maximum atomic E-state index is 13.4. The minimum atomic E-state index is -4.56. The summed E-state index contributed by atoms with van der Waals surface area (Å²) < 4.78 is 51.8. The smallest absolute Gasteiger partial charge is 0.354 e. The second-order valence-electron chi connectivity index (χ2n) is 7.78. The number of carbonyl (C=O) groups is 1. The number of nitrogens with one attached hydrogen (secondary N) is 1. The molecule has 29 heavy (non-hydrogen) atoms. The number of anilines is 1. The quantitative estimate of drug-likeness (QED) is 0.740. The van der Waals surface area contributed by atoms with Crippen molar-refractivity contribution in [3.63, 3.8) is 0 Å². The lowest BCUT2D eigenvalue weighted by molar-refractivity contribution is -0.144. The first kappa shape index (κ1) is 20.3. The molecule has 3 aliphatic heterocycles. The third kappa shape index (κ3) is 4.45. The van der Waals surface area contributed by atoms with Crippen LogP contribution in [0.25, 0.3) is 0 Å². The number of nitrogens with zero attached hydrogens (tertiary/aromatic N) is 5. The molecule has 0 spiro atoms. The topological polar surface area (TPSA) is 64.6 Å². The molecule has 1 amide bonds. The summed E-state index contributed by atoms with van der Waals surface area (Å²) in [6, 6.07) is 1.39. The van der Waals surface area contributed by atoms with E-state index in [0.717, 1.165) is 6.20 Å². The van der Waals surface area contributed by atoms with Crippen LogP contribution in [0.3, 0.4) is 0 Å². The van der Waals surface area contributed by atoms with E-state index in [9.17, 15) is 22.4 Å². The summed E-state index contributed by atoms with van der Waals surface area (Å²) in [4.78, 5) is 25.2. The molecule has 3 aliphatic rings. The summed E-state index contributed by atoms with van der Waals surface area (Å²) in [5, 5.41) is 3.25. The van der Waals surface area contributed by atoms with E-state index in [0.29, 0.717) is 52.1 Å². The highest BCUT2D eigenvalue weighted by Gasteiger charge is 2.38. The SMILES string of the molecule is O=C([C@@H]1C[C@H](N2CCN(c3ccnc(C(F)(F)F)n3)CC2)CN1)N1CCC(F)C1. The van der Waals surface area contributed by atoms with Gasteiger partial charge in [-0.1, -0.05) is 0 Å². The Balaban J connectivity index is 1.30. The monoisotopic (exact) mass is 416 g/mol. The van der Waals surface area contributed by atoms with E-state index >= 15 is 0 Å². The van der Waals surface area contributed by atoms with Gasteiger partial charge in [0.1, 0.15) is 12.0 Å². The molecule has 160 valence electrons. The fourth-order valence-electron chi connectivity index (χ4n) is 4.30. The average molecular weight is 416 g/mol. The summed E-state index contributed by atoms with van der Waals surface area (Å²) >= 11 is 0. The molecular weight excluding hydrogens is 392 g/mol. The van der Waals surface area contributed by atoms with E-state index in [1.807, 2.05) is 4.90 Å². The standard InChI is InChI=1S/C18H24F4N6O/c19-12-2-4-28(11-12)16(29)14-9-13(10-24-14)26-5-7-27(8-6-26)15-1-3-23-17(25-15)18(20,21)22/h1,3,12-14,24H,2,4-11H2/t12?,13-,14-/m0/s1. The van der Waals surface area contributed by atoms with Crippen LogP contribution in [0.5, 0.6) is 0 Å². The number of alkyl halides is 4. The molecule has 4 rings (SSSR count). The molecule has 3 atom stereocenters. The molecule has 0 bridgehead atoms. The summed E-state index contributed by atoms with van der Waals surface area (Å²) in [6.07, 6.45) is -3.29. The molecule has 7 nitrogen and oxygen atoms in total. The van der Waals surface area contributed by atoms with Crippen molar-refractivity contribution in [3.8, 4) is 0 Å². The second kappa shape index (κ2) is 8.02. The summed E-state index contributed by atoms with van der Waals surface area (Å²) in [6.45, 7) is 3.79. The zero-order valence-corrected chi connectivity index (χ0v) is 15.9. The van der Waals surface area contributed by atoms with Crippen molar-refractivity contribution in [2.45, 2.75) is 37.3 Å². The van der Waals surface area contributed by atoms with Crippen LogP contribution in [-0.2, 0) is 11.0 Å². The Hall–Kier alpha value is -2.01. The highest BCUT2D eigenvalue weighted by molar-refractivity contribution is 5.82. The van der Waals surface area contributed by atoms with Gasteiger partial charge in [-0.15, -0.1) is 0 Å². The van der Waals surface area contributed by atoms with Gasteiger partial charge >= 0.3 is 6.18 Å². The van der Waals surface area contributed by atoms with Gasteiger partial charge < -0.3 is 15.1 Å². The first-order chi connectivity index (χ1) is 13.8. The molecule has 3 saturated heterocycles. The Morgan fingerprint density at radius 1 is 1.17 bits per heavy atom. The molecule has 1 unspecified atom stereocenters. The minimum absolute atomic E-state index is 0.0352. The normalized spacial score (nSPS) is 28.9. The van der Waals surface area contributed by atoms with Crippen molar-refractivity contribution in [2.24, 2.45) is 0 Å². The molecule has 4 heterocycles. The second-order valence-corrected chi connectivity index (χ2v) is 7.78. The van der Waals surface area contributed by atoms with E-state index in [4.69, 9.17) is 0 Å². The number of aromatic nitrogens is 2. The van der Waals surface area contributed by atoms with Gasteiger partial charge in [-0.25, -0.2) is 14.4 Å². The Morgan fingerprint density at radius 3 is 2.59 bits per heavy atom. The van der Waals surface area contributed by atoms with Crippen molar-refractivity contribution >= 4 is 11.7 Å². The number of hydrogen-bond acceptors (Lipinski definition) is 6. The van der Waals surface area contributed by atoms with Crippen LogP contribution in [0.1, 0.15) is 18.7 Å². The predicted octanol–water partition coefficient (Wildman–Crippen LogP) is 0.918. The largest absolute Gasteiger partial charge is 0.451 e. The fraction of sp³-hybridized carbons (Fsp3) is 0.722. The van der Waals surface area contributed by atoms with Gasteiger partial charge in [0.15, 0.2) is 0 Å². The van der Waals surface area contributed by atoms with Crippen LogP contribution >= 0.6 is 0 Å². The number of rotatable bonds is 3. The van der Waals surface area contributed by atoms with Crippen molar-refractivity contribution < 1.29 is 22.4 Å². The van der Waals surface area contributed by atoms with E-state index in [-0.39, 0.29) is 30.4 Å². The van der Waals surface area contributed by atoms with Crippen LogP contribution in [-0.4, -0.2) is 89.7 Å². The molecule has 0 radical (unpaired) electrons. The zero-order chi connectivity index (χ0) is 20.6. The molecule has 1 aromatic heterocycles. The van der Waals surface area contributed by atoms with Crippen LogP contribution in [0.15, 0.2) is 12.3 Å². The molecule has 0 aromatic carbocycles. The predicted molar refractivity (Wildman–Crippen MR) is 97.1 cm³/mol. The third-order valence-electron chi connectivity index (χ3n) is 5.90. The number of halogens is 4. The molecule has 0 saturated carbocycles. The van der Waals surface area contributed by atoms with E-state index in [2.05, 4.69) is 20.2 Å². The lowest BCUT2D eigenvalue weighted by Crippen LogP contribution is -2.51. The molecule has 11 heteroatoms. The number of carbonyl (C=O) groups excluding carboxylic acids is 1. The van der Waals surface area contributed by atoms with Crippen LogP contribution in [0.2, 0.25) is 0 Å². The minimum Gasteiger partial charge on any atom is -0.354 e. The first-order valence-electron chi connectivity index (χ1n) is 9.87. The molecule has 1 aromatic rings. The third-order valence-corrected chi connectivity index (χ3v) is 5.90. The summed E-state index contributed by atoms with van der Waals surface area (Å²) in [5.74, 6) is -0.887. The fourth-order valence-corrected chi connectivity index (χ4v) is 4.30. The molecule has 3 fully saturated rings. The Morgan fingerprint density at radius 2 is 1.93 bits per heavy atom. The lowest BCUT2D eigenvalue weighted by Gasteiger charge is -2.38. The van der Waals surface area contributed by atoms with Gasteiger partial charge in [0, 0.05) is 51.5 Å². The van der Waals surface area contributed by atoms with Crippen molar-refractivity contribution in [1.29, 1.82) is 0 Å². The molecular formula is C18H24F4N6O. The van der Waals surface area contributed by atoms with Crippen LogP contribution < -0.4 is 10.2 Å². The number of likely N-dealkylation sites (tertiary alicyclic amines) is 1. The van der Waals surface area contributed by atoms with Crippen LogP contribution in [0.4, 0.5) is 23.4 Å². The maximum absolute atomic E-state index is 13.4. The van der Waals surface area contributed by atoms with Gasteiger partial charge in [0.25, 0.3) is 0 Å². The number of amides is 1. The van der Waals surface area contributed by atoms with Gasteiger partial charge in [-0.2, -0.15) is 13.2 Å². The van der Waals surface area contributed by atoms with Gasteiger partial charge in [-0.05, 0) is 18.9 Å². The van der Waals surface area contributed by atoms with Gasteiger partial charge in [-0.3, -0.25) is 9.69 Å². The highest BCUT2D eigenvalue weighted by atomic mass is 19.4. The van der Waals surface area contributed by atoms with Crippen LogP contribution in [0, 0.1) is 0 Å². The van der Waals surface area contributed by atoms with Crippen molar-refractivity contribution in [3.05, 3.63) is 18.1 Å². The van der Waals surface area contributed by atoms with Gasteiger partial charge in [0.2, 0.25) is 11.7 Å². The lowest BCUT2D eigenvalue weighted by atomic mass is 10.1. The maximum Gasteiger partial charge on any atom is 0.451 e. The molecule has 1 N–H and O–H groups in total. The van der Waals surface area contributed by atoms with E-state index in [1.165, 1.54) is 6.07 Å². The number of piperazine rings is 1. The Labute approximate surface area is 166 Å². The number of hydrogen-bond donors (Lipinski definition) is 1. The van der Waals surface area contributed by atoms with Crippen molar-refractivity contribution in [1.82, 2.24) is 25.1 Å². The summed E-state index contributed by atoms with van der Waals surface area (Å²) in [7, 11) is 0. The van der Waals surface area contributed by atoms with E-state index in [1.54, 1.807) is 4.90 Å². The first-order valence-corrected chi connectivity index (χ1v) is 9.87. The molecule has 0 aliphatic carbocycles. The zero-order valence-electron chi connectivity index (χ0n) is 15.9. The highest BCUT2D eigenvalue weighted by Crippen LogP contribution is 2.27.